The summed E-state index contributed by atoms with van der Waals surface area (Å²) >= 11 is 0. The second-order valence-electron chi connectivity index (χ2n) is 8.88. The van der Waals surface area contributed by atoms with E-state index >= 15 is 0 Å². The molecule has 4 amide bonds. The van der Waals surface area contributed by atoms with Gasteiger partial charge in [0, 0.05) is 24.7 Å². The van der Waals surface area contributed by atoms with E-state index in [1.807, 2.05) is 0 Å². The Labute approximate surface area is 227 Å². The molecular weight excluding hydrogens is 530 g/mol. The van der Waals surface area contributed by atoms with E-state index in [2.05, 4.69) is 25.9 Å². The van der Waals surface area contributed by atoms with Gasteiger partial charge in [0.1, 0.15) is 23.9 Å². The quantitative estimate of drug-likeness (QED) is 0.103. The maximum absolute atomic E-state index is 13.1. The fourth-order valence-electron chi connectivity index (χ4n) is 3.56. The molecule has 40 heavy (non-hydrogen) atoms. The number of H-pyrrole nitrogens is 1. The number of carboxylic acids is 2. The van der Waals surface area contributed by atoms with Crippen LogP contribution in [0.25, 0.3) is 0 Å². The van der Waals surface area contributed by atoms with Gasteiger partial charge >= 0.3 is 11.9 Å². The van der Waals surface area contributed by atoms with Crippen LogP contribution in [-0.2, 0) is 41.6 Å². The maximum Gasteiger partial charge on any atom is 0.326 e. The SMILES string of the molecule is NC(=O)CC(NC(=O)C(N)Cc1ccc(O)cc1)C(=O)NC(Cc1cnc[nH]1)C(=O)NC(CCC(=O)O)C(=O)O. The number of aromatic amines is 1. The van der Waals surface area contributed by atoms with E-state index in [1.54, 1.807) is 12.1 Å². The highest BCUT2D eigenvalue weighted by atomic mass is 16.4. The average Bonchev–Trinajstić information content (AvgIpc) is 3.39. The van der Waals surface area contributed by atoms with E-state index in [9.17, 15) is 39.0 Å². The molecule has 11 N–H and O–H groups in total. The first-order chi connectivity index (χ1) is 18.8. The van der Waals surface area contributed by atoms with E-state index < -0.39 is 79.0 Å². The molecule has 4 unspecified atom stereocenters. The van der Waals surface area contributed by atoms with Crippen LogP contribution in [-0.4, -0.2) is 85.0 Å². The van der Waals surface area contributed by atoms with Crippen LogP contribution in [0.3, 0.4) is 0 Å². The van der Waals surface area contributed by atoms with Crippen LogP contribution in [0.2, 0.25) is 0 Å². The molecule has 16 heteroatoms. The molecule has 1 aromatic carbocycles. The lowest BCUT2D eigenvalue weighted by Crippen LogP contribution is -2.58. The molecule has 0 fully saturated rings. The minimum atomic E-state index is -1.57. The number of rotatable bonds is 16. The van der Waals surface area contributed by atoms with Crippen LogP contribution in [0.15, 0.2) is 36.8 Å². The van der Waals surface area contributed by atoms with Gasteiger partial charge in [-0.2, -0.15) is 0 Å². The van der Waals surface area contributed by atoms with Crippen LogP contribution in [0, 0.1) is 0 Å². The van der Waals surface area contributed by atoms with E-state index in [-0.39, 0.29) is 18.6 Å². The van der Waals surface area contributed by atoms with Gasteiger partial charge in [0.2, 0.25) is 23.6 Å². The number of hydrogen-bond acceptors (Lipinski definition) is 9. The van der Waals surface area contributed by atoms with Crippen molar-refractivity contribution in [2.45, 2.75) is 56.3 Å². The van der Waals surface area contributed by atoms with Gasteiger partial charge in [0.25, 0.3) is 0 Å². The number of nitrogens with two attached hydrogens (primary N) is 2. The Balaban J connectivity index is 2.17. The number of nitrogens with one attached hydrogen (secondary N) is 4. The normalized spacial score (nSPS) is 13.7. The Morgan fingerprint density at radius 3 is 2.02 bits per heavy atom. The lowest BCUT2D eigenvalue weighted by molar-refractivity contribution is -0.143. The Kier molecular flexibility index (Phi) is 11.6. The summed E-state index contributed by atoms with van der Waals surface area (Å²) in [5, 5.41) is 34.5. The molecule has 0 aliphatic heterocycles. The van der Waals surface area contributed by atoms with E-state index in [1.165, 1.54) is 24.7 Å². The summed E-state index contributed by atoms with van der Waals surface area (Å²) in [4.78, 5) is 79.4. The molecular formula is C24H31N7O9. The number of carbonyl (C=O) groups is 6. The number of nitrogens with zero attached hydrogens (tertiary/aromatic N) is 1. The molecule has 1 aromatic heterocycles. The second kappa shape index (κ2) is 14.8. The highest BCUT2D eigenvalue weighted by Crippen LogP contribution is 2.11. The number of aliphatic carboxylic acids is 2. The van der Waals surface area contributed by atoms with Gasteiger partial charge in [-0.15, -0.1) is 0 Å². The highest BCUT2D eigenvalue weighted by molar-refractivity contribution is 5.96. The fourth-order valence-corrected chi connectivity index (χ4v) is 3.56. The van der Waals surface area contributed by atoms with Gasteiger partial charge in [-0.1, -0.05) is 12.1 Å². The summed E-state index contributed by atoms with van der Waals surface area (Å²) in [6, 6.07) is 0.250. The number of carbonyl (C=O) groups excluding carboxylic acids is 4. The van der Waals surface area contributed by atoms with E-state index in [4.69, 9.17) is 16.6 Å². The van der Waals surface area contributed by atoms with Crippen molar-refractivity contribution in [3.05, 3.63) is 48.0 Å². The summed E-state index contributed by atoms with van der Waals surface area (Å²) in [6.07, 6.45) is 0.918. The minimum absolute atomic E-state index is 0.0187. The van der Waals surface area contributed by atoms with E-state index in [0.29, 0.717) is 11.3 Å². The Bertz CT molecular complexity index is 1200. The molecule has 216 valence electrons. The number of imidazole rings is 1. The lowest BCUT2D eigenvalue weighted by Gasteiger charge is -2.24. The van der Waals surface area contributed by atoms with Crippen molar-refractivity contribution in [3.8, 4) is 5.75 Å². The topological polar surface area (TPSA) is 280 Å². The Morgan fingerprint density at radius 2 is 1.48 bits per heavy atom. The summed E-state index contributed by atoms with van der Waals surface area (Å²) < 4.78 is 0. The number of benzene rings is 1. The first kappa shape index (κ1) is 31.2. The number of amides is 4. The van der Waals surface area contributed by atoms with E-state index in [0.717, 1.165) is 0 Å². The third-order valence-corrected chi connectivity index (χ3v) is 5.64. The van der Waals surface area contributed by atoms with Crippen LogP contribution in [0.5, 0.6) is 5.75 Å². The largest absolute Gasteiger partial charge is 0.508 e. The van der Waals surface area contributed by atoms with Crippen molar-refractivity contribution < 1.29 is 44.1 Å². The number of hydrogen-bond donors (Lipinski definition) is 9. The fraction of sp³-hybridized carbons (Fsp3) is 0.375. The van der Waals surface area contributed by atoms with Gasteiger partial charge in [-0.25, -0.2) is 9.78 Å². The molecule has 0 bridgehead atoms. The van der Waals surface area contributed by atoms with Gasteiger partial charge < -0.3 is 47.7 Å². The number of carboxylic acid groups (broad SMARTS) is 2. The number of aromatic nitrogens is 2. The predicted molar refractivity (Wildman–Crippen MR) is 136 cm³/mol. The molecule has 2 rings (SSSR count). The van der Waals surface area contributed by atoms with Crippen molar-refractivity contribution in [2.24, 2.45) is 11.5 Å². The van der Waals surface area contributed by atoms with Crippen molar-refractivity contribution in [1.29, 1.82) is 0 Å². The predicted octanol–water partition coefficient (Wildman–Crippen LogP) is -2.49. The number of aromatic hydroxyl groups is 1. The third kappa shape index (κ3) is 10.4. The average molecular weight is 562 g/mol. The monoisotopic (exact) mass is 561 g/mol. The van der Waals surface area contributed by atoms with Crippen molar-refractivity contribution in [1.82, 2.24) is 25.9 Å². The number of phenols is 1. The summed E-state index contributed by atoms with van der Waals surface area (Å²) in [5.41, 5.74) is 12.2. The summed E-state index contributed by atoms with van der Waals surface area (Å²) in [5.74, 6) is -6.43. The number of primary amides is 1. The maximum atomic E-state index is 13.1. The Morgan fingerprint density at radius 1 is 0.875 bits per heavy atom. The van der Waals surface area contributed by atoms with Crippen molar-refractivity contribution in [2.75, 3.05) is 0 Å². The molecule has 1 heterocycles. The lowest BCUT2D eigenvalue weighted by atomic mass is 10.0. The third-order valence-electron chi connectivity index (χ3n) is 5.64. The molecule has 0 aliphatic rings. The van der Waals surface area contributed by atoms with Crippen LogP contribution < -0.4 is 27.4 Å². The second-order valence-corrected chi connectivity index (χ2v) is 8.88. The zero-order chi connectivity index (χ0) is 29.8. The molecule has 0 radical (unpaired) electrons. The molecule has 0 saturated heterocycles. The Hall–Kier alpha value is -4.99. The number of phenolic OH excluding ortho intramolecular Hbond substituents is 1. The molecule has 0 spiro atoms. The first-order valence-electron chi connectivity index (χ1n) is 12.0. The van der Waals surface area contributed by atoms with Crippen LogP contribution >= 0.6 is 0 Å². The molecule has 4 atom stereocenters. The van der Waals surface area contributed by atoms with Gasteiger partial charge in [0.05, 0.1) is 18.8 Å². The van der Waals surface area contributed by atoms with Gasteiger partial charge in [-0.3, -0.25) is 24.0 Å². The summed E-state index contributed by atoms with van der Waals surface area (Å²) in [6.45, 7) is 0. The first-order valence-corrected chi connectivity index (χ1v) is 12.0. The van der Waals surface area contributed by atoms with Crippen LogP contribution in [0.1, 0.15) is 30.5 Å². The van der Waals surface area contributed by atoms with Gasteiger partial charge in [-0.05, 0) is 30.5 Å². The highest BCUT2D eigenvalue weighted by Gasteiger charge is 2.31. The standard InChI is InChI=1S/C24H31N7O9/c25-15(7-12-1-3-14(32)4-2-12)21(36)30-18(9-19(26)33)23(38)31-17(8-13-10-27-11-28-13)22(37)29-16(24(39)40)5-6-20(34)35/h1-4,10-11,15-18,32H,5-9,25H2,(H2,26,33)(H,27,28)(H,29,37)(H,30,36)(H,31,38)(H,34,35)(H,39,40). The summed E-state index contributed by atoms with van der Waals surface area (Å²) in [7, 11) is 0. The molecule has 16 nitrogen and oxygen atoms in total. The minimum Gasteiger partial charge on any atom is -0.508 e. The molecule has 0 aliphatic carbocycles. The molecule has 2 aromatic rings. The zero-order valence-corrected chi connectivity index (χ0v) is 21.2. The van der Waals surface area contributed by atoms with Crippen molar-refractivity contribution >= 4 is 35.6 Å². The van der Waals surface area contributed by atoms with Crippen molar-refractivity contribution in [3.63, 3.8) is 0 Å². The zero-order valence-electron chi connectivity index (χ0n) is 21.2. The smallest absolute Gasteiger partial charge is 0.326 e. The van der Waals surface area contributed by atoms with Crippen LogP contribution in [0.4, 0.5) is 0 Å². The van der Waals surface area contributed by atoms with Gasteiger partial charge in [0.15, 0.2) is 0 Å². The molecule has 0 saturated carbocycles.